The molecule has 0 spiro atoms. The van der Waals surface area contributed by atoms with E-state index < -0.39 is 0 Å². The SMILES string of the molecule is CC(Cc1ccccc1F)NCc1nnc(C2CC2)s1. The van der Waals surface area contributed by atoms with Crippen molar-refractivity contribution in [3.8, 4) is 0 Å². The average Bonchev–Trinajstić information content (AvgIpc) is 3.18. The Bertz CT molecular complexity index is 580. The molecule has 3 rings (SSSR count). The molecule has 1 aliphatic carbocycles. The molecule has 1 N–H and O–H groups in total. The molecule has 106 valence electrons. The first-order valence-corrected chi connectivity index (χ1v) is 7.83. The van der Waals surface area contributed by atoms with Crippen molar-refractivity contribution in [2.75, 3.05) is 0 Å². The fraction of sp³-hybridized carbons (Fsp3) is 0.467. The van der Waals surface area contributed by atoms with Crippen LogP contribution in [0, 0.1) is 5.82 Å². The predicted molar refractivity (Wildman–Crippen MR) is 78.3 cm³/mol. The van der Waals surface area contributed by atoms with E-state index in [9.17, 15) is 4.39 Å². The van der Waals surface area contributed by atoms with E-state index in [-0.39, 0.29) is 11.9 Å². The maximum Gasteiger partial charge on any atom is 0.131 e. The Hall–Kier alpha value is -1.33. The first kappa shape index (κ1) is 13.6. The highest BCUT2D eigenvalue weighted by Gasteiger charge is 2.27. The summed E-state index contributed by atoms with van der Waals surface area (Å²) in [6, 6.07) is 7.15. The molecule has 1 fully saturated rings. The molecule has 1 heterocycles. The molecular formula is C15H18FN3S. The van der Waals surface area contributed by atoms with Crippen molar-refractivity contribution in [2.45, 2.75) is 44.7 Å². The van der Waals surface area contributed by atoms with Crippen LogP contribution in [0.15, 0.2) is 24.3 Å². The molecule has 1 aromatic carbocycles. The highest BCUT2D eigenvalue weighted by Crippen LogP contribution is 2.41. The van der Waals surface area contributed by atoms with Crippen LogP contribution < -0.4 is 5.32 Å². The lowest BCUT2D eigenvalue weighted by atomic mass is 10.1. The van der Waals surface area contributed by atoms with Gasteiger partial charge >= 0.3 is 0 Å². The van der Waals surface area contributed by atoms with Gasteiger partial charge in [-0.3, -0.25) is 0 Å². The van der Waals surface area contributed by atoms with E-state index >= 15 is 0 Å². The van der Waals surface area contributed by atoms with Crippen molar-refractivity contribution in [1.29, 1.82) is 0 Å². The number of benzene rings is 1. The van der Waals surface area contributed by atoms with Gasteiger partial charge in [-0.25, -0.2) is 4.39 Å². The van der Waals surface area contributed by atoms with E-state index in [4.69, 9.17) is 0 Å². The standard InChI is InChI=1S/C15H18FN3S/c1-10(8-12-4-2-3-5-13(12)16)17-9-14-18-19-15(20-14)11-6-7-11/h2-5,10-11,17H,6-9H2,1H3. The average molecular weight is 291 g/mol. The maximum absolute atomic E-state index is 13.6. The predicted octanol–water partition coefficient (Wildman–Crippen LogP) is 3.28. The summed E-state index contributed by atoms with van der Waals surface area (Å²) in [6.45, 7) is 2.77. The fourth-order valence-corrected chi connectivity index (χ4v) is 3.12. The highest BCUT2D eigenvalue weighted by molar-refractivity contribution is 7.11. The Morgan fingerprint density at radius 2 is 2.15 bits per heavy atom. The summed E-state index contributed by atoms with van der Waals surface area (Å²) in [5.74, 6) is 0.533. The van der Waals surface area contributed by atoms with Crippen LogP contribution in [0.2, 0.25) is 0 Å². The molecule has 1 atom stereocenters. The van der Waals surface area contributed by atoms with Crippen molar-refractivity contribution < 1.29 is 4.39 Å². The van der Waals surface area contributed by atoms with E-state index in [1.807, 2.05) is 12.1 Å². The van der Waals surface area contributed by atoms with Crippen molar-refractivity contribution in [3.05, 3.63) is 45.7 Å². The van der Waals surface area contributed by atoms with Crippen molar-refractivity contribution in [3.63, 3.8) is 0 Å². The molecule has 5 heteroatoms. The van der Waals surface area contributed by atoms with Crippen molar-refractivity contribution in [2.24, 2.45) is 0 Å². The zero-order chi connectivity index (χ0) is 13.9. The van der Waals surface area contributed by atoms with Gasteiger partial charge < -0.3 is 5.32 Å². The van der Waals surface area contributed by atoms with Gasteiger partial charge in [-0.1, -0.05) is 29.5 Å². The molecule has 3 nitrogen and oxygen atoms in total. The Morgan fingerprint density at radius 1 is 1.35 bits per heavy atom. The van der Waals surface area contributed by atoms with Crippen LogP contribution in [0.4, 0.5) is 4.39 Å². The number of aromatic nitrogens is 2. The molecule has 20 heavy (non-hydrogen) atoms. The number of rotatable bonds is 6. The Balaban J connectivity index is 1.51. The Morgan fingerprint density at radius 3 is 2.90 bits per heavy atom. The molecule has 1 unspecified atom stereocenters. The van der Waals surface area contributed by atoms with Gasteiger partial charge in [-0.2, -0.15) is 0 Å². The van der Waals surface area contributed by atoms with E-state index in [2.05, 4.69) is 22.4 Å². The maximum atomic E-state index is 13.6. The normalized spacial score (nSPS) is 16.3. The summed E-state index contributed by atoms with van der Waals surface area (Å²) in [5, 5.41) is 14.0. The summed E-state index contributed by atoms with van der Waals surface area (Å²) >= 11 is 1.70. The third-order valence-electron chi connectivity index (χ3n) is 3.49. The van der Waals surface area contributed by atoms with Crippen LogP contribution in [-0.2, 0) is 13.0 Å². The van der Waals surface area contributed by atoms with E-state index in [1.165, 1.54) is 23.9 Å². The van der Waals surface area contributed by atoms with Crippen LogP contribution in [0.25, 0.3) is 0 Å². The van der Waals surface area contributed by atoms with Crippen molar-refractivity contribution >= 4 is 11.3 Å². The van der Waals surface area contributed by atoms with E-state index in [1.54, 1.807) is 17.4 Å². The van der Waals surface area contributed by atoms with Crippen LogP contribution in [0.1, 0.15) is 41.3 Å². The number of nitrogens with one attached hydrogen (secondary N) is 1. The second-order valence-electron chi connectivity index (χ2n) is 5.39. The molecule has 1 saturated carbocycles. The molecule has 0 saturated heterocycles. The molecule has 1 aliphatic rings. The third-order valence-corrected chi connectivity index (χ3v) is 4.58. The number of nitrogens with zero attached hydrogens (tertiary/aromatic N) is 2. The monoisotopic (exact) mass is 291 g/mol. The second kappa shape index (κ2) is 5.97. The van der Waals surface area contributed by atoms with Gasteiger partial charge in [-0.05, 0) is 37.8 Å². The van der Waals surface area contributed by atoms with Crippen LogP contribution in [-0.4, -0.2) is 16.2 Å². The molecule has 0 bridgehead atoms. The van der Waals surface area contributed by atoms with Gasteiger partial charge in [0.15, 0.2) is 0 Å². The number of hydrogen-bond acceptors (Lipinski definition) is 4. The van der Waals surface area contributed by atoms with Crippen LogP contribution >= 0.6 is 11.3 Å². The zero-order valence-corrected chi connectivity index (χ0v) is 12.3. The van der Waals surface area contributed by atoms with E-state index in [0.29, 0.717) is 18.9 Å². The van der Waals surface area contributed by atoms with Gasteiger partial charge in [-0.15, -0.1) is 10.2 Å². The number of halogens is 1. The summed E-state index contributed by atoms with van der Waals surface area (Å²) in [5.41, 5.74) is 0.753. The highest BCUT2D eigenvalue weighted by atomic mass is 32.1. The molecule has 2 aromatic rings. The topological polar surface area (TPSA) is 37.8 Å². The molecule has 0 radical (unpaired) electrons. The zero-order valence-electron chi connectivity index (χ0n) is 11.5. The largest absolute Gasteiger partial charge is 0.308 e. The smallest absolute Gasteiger partial charge is 0.131 e. The molecular weight excluding hydrogens is 273 g/mol. The summed E-state index contributed by atoms with van der Waals surface area (Å²) in [6.07, 6.45) is 3.19. The quantitative estimate of drug-likeness (QED) is 0.887. The Labute approximate surface area is 122 Å². The lowest BCUT2D eigenvalue weighted by Gasteiger charge is -2.13. The lowest BCUT2D eigenvalue weighted by Crippen LogP contribution is -2.27. The minimum Gasteiger partial charge on any atom is -0.308 e. The minimum absolute atomic E-state index is 0.131. The van der Waals surface area contributed by atoms with Crippen LogP contribution in [0.5, 0.6) is 0 Å². The first-order valence-electron chi connectivity index (χ1n) is 7.01. The Kier molecular flexibility index (Phi) is 4.08. The van der Waals surface area contributed by atoms with Gasteiger partial charge in [0.2, 0.25) is 0 Å². The molecule has 0 aliphatic heterocycles. The molecule has 1 aromatic heterocycles. The lowest BCUT2D eigenvalue weighted by molar-refractivity contribution is 0.524. The first-order chi connectivity index (χ1) is 9.72. The summed E-state index contributed by atoms with van der Waals surface area (Å²) in [7, 11) is 0. The van der Waals surface area contributed by atoms with Gasteiger partial charge in [0.25, 0.3) is 0 Å². The van der Waals surface area contributed by atoms with Gasteiger partial charge in [0, 0.05) is 18.5 Å². The third kappa shape index (κ3) is 3.41. The number of hydrogen-bond donors (Lipinski definition) is 1. The van der Waals surface area contributed by atoms with Crippen molar-refractivity contribution in [1.82, 2.24) is 15.5 Å². The molecule has 0 amide bonds. The van der Waals surface area contributed by atoms with Crippen LogP contribution in [0.3, 0.4) is 0 Å². The van der Waals surface area contributed by atoms with Gasteiger partial charge in [0.1, 0.15) is 15.8 Å². The fourth-order valence-electron chi connectivity index (χ4n) is 2.16. The second-order valence-corrected chi connectivity index (χ2v) is 6.48. The van der Waals surface area contributed by atoms with Gasteiger partial charge in [0.05, 0.1) is 0 Å². The van der Waals surface area contributed by atoms with E-state index in [0.717, 1.165) is 10.6 Å². The minimum atomic E-state index is -0.131. The summed E-state index contributed by atoms with van der Waals surface area (Å²) < 4.78 is 13.6. The summed E-state index contributed by atoms with van der Waals surface area (Å²) in [4.78, 5) is 0.